The van der Waals surface area contributed by atoms with Crippen LogP contribution in [0.5, 0.6) is 0 Å². The number of primary amides is 1. The van der Waals surface area contributed by atoms with Crippen molar-refractivity contribution in [3.8, 4) is 0 Å². The minimum atomic E-state index is -1.03. The average molecular weight is 366 g/mol. The maximum atomic E-state index is 12.1. The van der Waals surface area contributed by atoms with Crippen LogP contribution in [0.15, 0.2) is 28.8 Å². The monoisotopic (exact) mass is 365 g/mol. The minimum Gasteiger partial charge on any atom is -0.452 e. The lowest BCUT2D eigenvalue weighted by molar-refractivity contribution is -0.152. The summed E-state index contributed by atoms with van der Waals surface area (Å²) < 4.78 is 9.83. The summed E-state index contributed by atoms with van der Waals surface area (Å²) in [6.45, 7) is 3.08. The summed E-state index contributed by atoms with van der Waals surface area (Å²) in [6, 6.07) is 6.00. The Morgan fingerprint density at radius 3 is 2.48 bits per heavy atom. The molecule has 2 amide bonds. The summed E-state index contributed by atoms with van der Waals surface area (Å²) in [5, 5.41) is 6.22. The van der Waals surface area contributed by atoms with Gasteiger partial charge in [0.2, 0.25) is 11.1 Å². The van der Waals surface area contributed by atoms with Crippen LogP contribution in [0, 0.1) is 6.92 Å². The molecule has 3 N–H and O–H groups in total. The Morgan fingerprint density at radius 1 is 1.32 bits per heavy atom. The van der Waals surface area contributed by atoms with Crippen molar-refractivity contribution in [2.75, 3.05) is 5.32 Å². The van der Waals surface area contributed by atoms with E-state index in [2.05, 4.69) is 10.5 Å². The molecule has 132 valence electrons. The summed E-state index contributed by atoms with van der Waals surface area (Å²) in [7, 11) is 0. The molecule has 25 heavy (non-hydrogen) atoms. The normalized spacial score (nSPS) is 11.6. The van der Waals surface area contributed by atoms with Crippen LogP contribution in [0.4, 0.5) is 5.69 Å². The molecule has 0 aliphatic carbocycles. The van der Waals surface area contributed by atoms with Crippen LogP contribution in [-0.2, 0) is 20.7 Å². The highest BCUT2D eigenvalue weighted by Gasteiger charge is 2.21. The van der Waals surface area contributed by atoms with Crippen molar-refractivity contribution in [1.29, 1.82) is 0 Å². The number of ether oxygens (including phenoxy) is 1. The van der Waals surface area contributed by atoms with Crippen LogP contribution in [0.25, 0.3) is 0 Å². The number of hydrogen-bond donors (Lipinski definition) is 2. The second kappa shape index (κ2) is 7.80. The van der Waals surface area contributed by atoms with Crippen molar-refractivity contribution in [1.82, 2.24) is 5.16 Å². The summed E-state index contributed by atoms with van der Waals surface area (Å²) >= 11 is 5.78. The Hall–Kier alpha value is -2.87. The molecule has 0 spiro atoms. The maximum Gasteiger partial charge on any atom is 0.311 e. The van der Waals surface area contributed by atoms with Gasteiger partial charge in [-0.25, -0.2) is 0 Å². The Bertz CT molecular complexity index is 781. The molecule has 1 unspecified atom stereocenters. The zero-order valence-electron chi connectivity index (χ0n) is 13.5. The number of aryl methyl sites for hydroxylation is 1. The van der Waals surface area contributed by atoms with Gasteiger partial charge >= 0.3 is 5.97 Å². The molecule has 0 aliphatic heterocycles. The topological polar surface area (TPSA) is 125 Å². The van der Waals surface area contributed by atoms with Crippen molar-refractivity contribution >= 4 is 35.1 Å². The summed E-state index contributed by atoms with van der Waals surface area (Å²) in [4.78, 5) is 35.0. The zero-order chi connectivity index (χ0) is 18.6. The molecule has 0 aliphatic rings. The van der Waals surface area contributed by atoms with Crippen LogP contribution in [-0.4, -0.2) is 29.0 Å². The highest BCUT2D eigenvalue weighted by molar-refractivity contribution is 6.29. The molecule has 0 fully saturated rings. The van der Waals surface area contributed by atoms with E-state index in [0.717, 1.165) is 0 Å². The smallest absolute Gasteiger partial charge is 0.311 e. The number of hydrogen-bond acceptors (Lipinski definition) is 6. The molecule has 0 saturated carbocycles. The predicted octanol–water partition coefficient (Wildman–Crippen LogP) is 1.85. The van der Waals surface area contributed by atoms with Crippen LogP contribution < -0.4 is 11.1 Å². The average Bonchev–Trinajstić information content (AvgIpc) is 2.87. The fourth-order valence-electron chi connectivity index (χ4n) is 1.96. The largest absolute Gasteiger partial charge is 0.452 e. The number of esters is 1. The molecule has 1 heterocycles. The van der Waals surface area contributed by atoms with Gasteiger partial charge in [-0.05, 0) is 49.7 Å². The van der Waals surface area contributed by atoms with E-state index in [9.17, 15) is 14.4 Å². The van der Waals surface area contributed by atoms with Gasteiger partial charge in [0.25, 0.3) is 5.91 Å². The molecular formula is C16H16ClN3O5. The van der Waals surface area contributed by atoms with E-state index in [4.69, 9.17) is 26.6 Å². The number of carbonyl (C=O) groups excluding carboxylic acids is 3. The van der Waals surface area contributed by atoms with Gasteiger partial charge < -0.3 is 20.3 Å². The van der Waals surface area contributed by atoms with Gasteiger partial charge in [0.1, 0.15) is 0 Å². The van der Waals surface area contributed by atoms with E-state index in [1.807, 2.05) is 0 Å². The van der Waals surface area contributed by atoms with E-state index in [0.29, 0.717) is 22.5 Å². The quantitative estimate of drug-likeness (QED) is 0.752. The first kappa shape index (κ1) is 18.5. The van der Waals surface area contributed by atoms with Gasteiger partial charge in [-0.2, -0.15) is 0 Å². The van der Waals surface area contributed by atoms with Gasteiger partial charge in [-0.15, -0.1) is 0 Å². The van der Waals surface area contributed by atoms with E-state index in [-0.39, 0.29) is 11.6 Å². The first-order chi connectivity index (χ1) is 11.8. The molecule has 9 heteroatoms. The van der Waals surface area contributed by atoms with Crippen LogP contribution in [0.3, 0.4) is 0 Å². The zero-order valence-corrected chi connectivity index (χ0v) is 14.3. The third-order valence-electron chi connectivity index (χ3n) is 3.37. The number of aromatic nitrogens is 1. The molecule has 0 radical (unpaired) electrons. The molecule has 2 aromatic rings. The van der Waals surface area contributed by atoms with Gasteiger partial charge in [0.15, 0.2) is 6.10 Å². The Kier molecular flexibility index (Phi) is 5.76. The van der Waals surface area contributed by atoms with Crippen molar-refractivity contribution < 1.29 is 23.6 Å². The molecule has 0 saturated heterocycles. The maximum absolute atomic E-state index is 12.1. The standard InChI is InChI=1S/C16H16ClN3O5/c1-8-12(14(17)25-20-8)7-13(21)24-9(2)16(23)19-11-5-3-10(4-6-11)15(18)22/h3-6,9H,7H2,1-2H3,(H2,18,22)(H,19,23). The Balaban J connectivity index is 1.91. The fourth-order valence-corrected chi connectivity index (χ4v) is 2.19. The van der Waals surface area contributed by atoms with Crippen LogP contribution in [0.1, 0.15) is 28.5 Å². The molecule has 2 rings (SSSR count). The molecule has 8 nitrogen and oxygen atoms in total. The second-order valence-electron chi connectivity index (χ2n) is 5.26. The van der Waals surface area contributed by atoms with E-state index < -0.39 is 23.9 Å². The first-order valence-electron chi connectivity index (χ1n) is 7.28. The van der Waals surface area contributed by atoms with Crippen LogP contribution >= 0.6 is 11.6 Å². The fraction of sp³-hybridized carbons (Fsp3) is 0.250. The third kappa shape index (κ3) is 4.80. The van der Waals surface area contributed by atoms with Gasteiger partial charge in [-0.3, -0.25) is 14.4 Å². The minimum absolute atomic E-state index is 0.0149. The summed E-state index contributed by atoms with van der Waals surface area (Å²) in [6.07, 6.45) is -1.18. The lowest BCUT2D eigenvalue weighted by Crippen LogP contribution is -2.30. The number of nitrogens with two attached hydrogens (primary N) is 1. The number of nitrogens with zero attached hydrogens (tertiary/aromatic N) is 1. The number of rotatable bonds is 6. The molecular weight excluding hydrogens is 350 g/mol. The van der Waals surface area contributed by atoms with Crippen molar-refractivity contribution in [2.24, 2.45) is 5.73 Å². The summed E-state index contributed by atoms with van der Waals surface area (Å²) in [5.41, 5.74) is 6.80. The van der Waals surface area contributed by atoms with Gasteiger partial charge in [0.05, 0.1) is 12.1 Å². The van der Waals surface area contributed by atoms with Crippen molar-refractivity contribution in [3.63, 3.8) is 0 Å². The van der Waals surface area contributed by atoms with Crippen molar-refractivity contribution in [3.05, 3.63) is 46.3 Å². The number of anilines is 1. The molecule has 1 aromatic carbocycles. The summed E-state index contributed by atoms with van der Waals surface area (Å²) in [5.74, 6) is -1.73. The highest BCUT2D eigenvalue weighted by atomic mass is 35.5. The van der Waals surface area contributed by atoms with E-state index in [1.54, 1.807) is 6.92 Å². The Labute approximate surface area is 148 Å². The van der Waals surface area contributed by atoms with Crippen molar-refractivity contribution in [2.45, 2.75) is 26.4 Å². The van der Waals surface area contributed by atoms with Gasteiger partial charge in [0, 0.05) is 16.8 Å². The highest BCUT2D eigenvalue weighted by Crippen LogP contribution is 2.20. The number of benzene rings is 1. The number of amides is 2. The number of halogens is 1. The SMILES string of the molecule is Cc1noc(Cl)c1CC(=O)OC(C)C(=O)Nc1ccc(C(N)=O)cc1. The predicted molar refractivity (Wildman–Crippen MR) is 89.1 cm³/mol. The Morgan fingerprint density at radius 2 is 1.96 bits per heavy atom. The number of nitrogens with one attached hydrogen (secondary N) is 1. The first-order valence-corrected chi connectivity index (χ1v) is 7.66. The molecule has 1 aromatic heterocycles. The van der Waals surface area contributed by atoms with E-state index >= 15 is 0 Å². The van der Waals surface area contributed by atoms with Crippen LogP contribution in [0.2, 0.25) is 5.22 Å². The molecule has 1 atom stereocenters. The number of carbonyl (C=O) groups is 3. The molecule has 0 bridgehead atoms. The lowest BCUT2D eigenvalue weighted by Gasteiger charge is -2.13. The lowest BCUT2D eigenvalue weighted by atomic mass is 10.2. The third-order valence-corrected chi connectivity index (χ3v) is 3.67. The van der Waals surface area contributed by atoms with Gasteiger partial charge in [-0.1, -0.05) is 5.16 Å². The second-order valence-corrected chi connectivity index (χ2v) is 5.60. The van der Waals surface area contributed by atoms with E-state index in [1.165, 1.54) is 31.2 Å².